The number of aryl methyl sites for hydroxylation is 1. The van der Waals surface area contributed by atoms with Gasteiger partial charge in [0.25, 0.3) is 0 Å². The number of hydrogen-bond donors (Lipinski definition) is 1. The van der Waals surface area contributed by atoms with Crippen LogP contribution in [0.5, 0.6) is 5.75 Å². The van der Waals surface area contributed by atoms with Gasteiger partial charge in [0.05, 0.1) is 29.8 Å². The molecule has 0 aromatic heterocycles. The second kappa shape index (κ2) is 9.49. The molecule has 5 heteroatoms. The molecule has 0 heterocycles. The first-order chi connectivity index (χ1) is 12.0. The van der Waals surface area contributed by atoms with E-state index in [9.17, 15) is 14.1 Å². The SMILES string of the molecule is COc1ccc(C(=O)CCC[C@@H](O)CS(=O)c2ccc(C)cc2)cc1. The number of carbonyl (C=O) groups excluding carboxylic acids is 1. The smallest absolute Gasteiger partial charge is 0.162 e. The summed E-state index contributed by atoms with van der Waals surface area (Å²) >= 11 is 0. The van der Waals surface area contributed by atoms with Crippen molar-refractivity contribution in [2.45, 2.75) is 37.2 Å². The van der Waals surface area contributed by atoms with E-state index in [-0.39, 0.29) is 11.5 Å². The highest BCUT2D eigenvalue weighted by atomic mass is 32.2. The first-order valence-electron chi connectivity index (χ1n) is 8.30. The molecule has 2 aromatic rings. The van der Waals surface area contributed by atoms with Crippen LogP contribution in [0.2, 0.25) is 0 Å². The van der Waals surface area contributed by atoms with Crippen molar-refractivity contribution in [2.24, 2.45) is 0 Å². The summed E-state index contributed by atoms with van der Waals surface area (Å²) in [6.07, 6.45) is 0.711. The van der Waals surface area contributed by atoms with Crippen LogP contribution in [0.4, 0.5) is 0 Å². The van der Waals surface area contributed by atoms with Crippen LogP contribution in [0.25, 0.3) is 0 Å². The van der Waals surface area contributed by atoms with Crippen LogP contribution in [-0.4, -0.2) is 34.1 Å². The van der Waals surface area contributed by atoms with Crippen molar-refractivity contribution in [3.05, 3.63) is 59.7 Å². The van der Waals surface area contributed by atoms with Crippen molar-refractivity contribution in [3.8, 4) is 5.75 Å². The van der Waals surface area contributed by atoms with E-state index in [0.717, 1.165) is 10.5 Å². The highest BCUT2D eigenvalue weighted by molar-refractivity contribution is 7.85. The van der Waals surface area contributed by atoms with Crippen molar-refractivity contribution in [2.75, 3.05) is 12.9 Å². The van der Waals surface area contributed by atoms with E-state index in [1.807, 2.05) is 31.2 Å². The Bertz CT molecular complexity index is 707. The molecule has 25 heavy (non-hydrogen) atoms. The molecule has 2 aromatic carbocycles. The Balaban J connectivity index is 1.75. The van der Waals surface area contributed by atoms with Gasteiger partial charge < -0.3 is 9.84 Å². The van der Waals surface area contributed by atoms with Gasteiger partial charge in [0.2, 0.25) is 0 Å². The lowest BCUT2D eigenvalue weighted by molar-refractivity contribution is 0.0972. The minimum absolute atomic E-state index is 0.0366. The van der Waals surface area contributed by atoms with Crippen LogP contribution in [0, 0.1) is 6.92 Å². The maximum Gasteiger partial charge on any atom is 0.162 e. The number of Topliss-reactive ketones (excluding diaryl/α,β-unsaturated/α-hetero) is 1. The molecule has 0 aliphatic carbocycles. The van der Waals surface area contributed by atoms with Gasteiger partial charge in [0.1, 0.15) is 5.75 Å². The third-order valence-electron chi connectivity index (χ3n) is 3.98. The monoisotopic (exact) mass is 360 g/mol. The topological polar surface area (TPSA) is 63.6 Å². The number of hydrogen-bond acceptors (Lipinski definition) is 4. The number of ketones is 1. The van der Waals surface area contributed by atoms with Crippen LogP contribution < -0.4 is 4.74 Å². The summed E-state index contributed by atoms with van der Waals surface area (Å²) in [7, 11) is 0.358. The summed E-state index contributed by atoms with van der Waals surface area (Å²) in [5.74, 6) is 0.944. The van der Waals surface area contributed by atoms with Crippen molar-refractivity contribution < 1.29 is 18.8 Å². The Kier molecular flexibility index (Phi) is 7.34. The van der Waals surface area contributed by atoms with E-state index in [4.69, 9.17) is 4.74 Å². The lowest BCUT2D eigenvalue weighted by atomic mass is 10.0. The zero-order valence-electron chi connectivity index (χ0n) is 14.6. The molecule has 0 aliphatic heterocycles. The van der Waals surface area contributed by atoms with Crippen LogP contribution in [-0.2, 0) is 10.8 Å². The molecule has 0 fully saturated rings. The predicted octanol–water partition coefficient (Wildman–Crippen LogP) is 3.53. The van der Waals surface area contributed by atoms with Crippen molar-refractivity contribution in [1.29, 1.82) is 0 Å². The molecular formula is C20H24O4S. The number of aliphatic hydroxyl groups is 1. The van der Waals surface area contributed by atoms with Gasteiger partial charge in [-0.1, -0.05) is 17.7 Å². The fourth-order valence-electron chi connectivity index (χ4n) is 2.46. The molecule has 0 spiro atoms. The number of methoxy groups -OCH3 is 1. The summed E-state index contributed by atoms with van der Waals surface area (Å²) in [6, 6.07) is 14.5. The second-order valence-corrected chi connectivity index (χ2v) is 7.52. The third kappa shape index (κ3) is 6.11. The Labute approximate surface area is 151 Å². The largest absolute Gasteiger partial charge is 0.497 e. The van der Waals surface area contributed by atoms with Crippen molar-refractivity contribution >= 4 is 16.6 Å². The first kappa shape index (κ1) is 19.3. The minimum atomic E-state index is -1.22. The van der Waals surface area contributed by atoms with Gasteiger partial charge in [-0.15, -0.1) is 0 Å². The number of rotatable bonds is 9. The minimum Gasteiger partial charge on any atom is -0.497 e. The van der Waals surface area contributed by atoms with E-state index >= 15 is 0 Å². The quantitative estimate of drug-likeness (QED) is 0.695. The molecule has 134 valence electrons. The molecule has 1 unspecified atom stereocenters. The van der Waals surface area contributed by atoms with Crippen LogP contribution in [0.15, 0.2) is 53.4 Å². The molecule has 0 saturated carbocycles. The zero-order chi connectivity index (χ0) is 18.2. The van der Waals surface area contributed by atoms with Gasteiger partial charge in [0, 0.05) is 16.9 Å². The number of aliphatic hydroxyl groups excluding tert-OH is 1. The Morgan fingerprint density at radius 3 is 2.36 bits per heavy atom. The van der Waals surface area contributed by atoms with Gasteiger partial charge in [-0.05, 0) is 56.2 Å². The van der Waals surface area contributed by atoms with Gasteiger partial charge in [-0.3, -0.25) is 9.00 Å². The molecule has 0 radical (unpaired) electrons. The summed E-state index contributed by atoms with van der Waals surface area (Å²) in [6.45, 7) is 1.97. The summed E-state index contributed by atoms with van der Waals surface area (Å²) in [5.41, 5.74) is 1.75. The number of benzene rings is 2. The van der Waals surface area contributed by atoms with Crippen molar-refractivity contribution in [1.82, 2.24) is 0 Å². The summed E-state index contributed by atoms with van der Waals surface area (Å²) in [4.78, 5) is 12.8. The van der Waals surface area contributed by atoms with E-state index < -0.39 is 16.9 Å². The van der Waals surface area contributed by atoms with E-state index in [1.165, 1.54) is 0 Å². The Morgan fingerprint density at radius 2 is 1.76 bits per heavy atom. The third-order valence-corrected chi connectivity index (χ3v) is 5.47. The van der Waals surface area contributed by atoms with Gasteiger partial charge in [0.15, 0.2) is 5.78 Å². The van der Waals surface area contributed by atoms with E-state index in [1.54, 1.807) is 31.4 Å². The van der Waals surface area contributed by atoms with Crippen molar-refractivity contribution in [3.63, 3.8) is 0 Å². The van der Waals surface area contributed by atoms with Gasteiger partial charge in [-0.2, -0.15) is 0 Å². The lowest BCUT2D eigenvalue weighted by Gasteiger charge is -2.10. The van der Waals surface area contributed by atoms with Crippen LogP contribution >= 0.6 is 0 Å². The average molecular weight is 360 g/mol. The summed E-state index contributed by atoms with van der Waals surface area (Å²) in [5, 5.41) is 10.1. The molecular weight excluding hydrogens is 336 g/mol. The molecule has 0 bridgehead atoms. The Hall–Kier alpha value is -1.98. The summed E-state index contributed by atoms with van der Waals surface area (Å²) < 4.78 is 17.3. The van der Waals surface area contributed by atoms with Gasteiger partial charge >= 0.3 is 0 Å². The molecule has 2 atom stereocenters. The maximum atomic E-state index is 12.2. The first-order valence-corrected chi connectivity index (χ1v) is 9.62. The normalized spacial score (nSPS) is 13.2. The second-order valence-electron chi connectivity index (χ2n) is 6.02. The molecule has 0 aliphatic rings. The van der Waals surface area contributed by atoms with Gasteiger partial charge in [-0.25, -0.2) is 0 Å². The highest BCUT2D eigenvalue weighted by Crippen LogP contribution is 2.15. The Morgan fingerprint density at radius 1 is 1.12 bits per heavy atom. The number of carbonyl (C=O) groups is 1. The molecule has 1 N–H and O–H groups in total. The van der Waals surface area contributed by atoms with Crippen LogP contribution in [0.1, 0.15) is 35.2 Å². The van der Waals surface area contributed by atoms with Crippen LogP contribution in [0.3, 0.4) is 0 Å². The fourth-order valence-corrected chi connectivity index (χ4v) is 3.61. The average Bonchev–Trinajstić information content (AvgIpc) is 2.62. The maximum absolute atomic E-state index is 12.2. The fraction of sp³-hybridized carbons (Fsp3) is 0.350. The zero-order valence-corrected chi connectivity index (χ0v) is 15.4. The standard InChI is InChI=1S/C20H24O4S/c1-15-6-12-19(13-7-15)25(23)14-17(21)4-3-5-20(22)16-8-10-18(24-2)11-9-16/h6-13,17,21H,3-5,14H2,1-2H3/t17-,25?/m1/s1. The number of ether oxygens (including phenoxy) is 1. The molecule has 2 rings (SSSR count). The van der Waals surface area contributed by atoms with E-state index in [0.29, 0.717) is 30.6 Å². The molecule has 0 amide bonds. The van der Waals surface area contributed by atoms with E-state index in [2.05, 4.69) is 0 Å². The lowest BCUT2D eigenvalue weighted by Crippen LogP contribution is -2.17. The predicted molar refractivity (Wildman–Crippen MR) is 99.6 cm³/mol. The molecule has 0 saturated heterocycles. The highest BCUT2D eigenvalue weighted by Gasteiger charge is 2.13. The molecule has 4 nitrogen and oxygen atoms in total.